The van der Waals surface area contributed by atoms with E-state index in [1.165, 1.54) is 6.92 Å². The average molecular weight is 389 g/mol. The molecule has 0 saturated heterocycles. The van der Waals surface area contributed by atoms with Crippen molar-refractivity contribution in [2.24, 2.45) is 11.7 Å². The van der Waals surface area contributed by atoms with Gasteiger partial charge in [0.25, 0.3) is 0 Å². The number of unbranched alkanes of at least 4 members (excludes halogenated alkanes) is 1. The monoisotopic (exact) mass is 388 g/mol. The Labute approximate surface area is 164 Å². The molecule has 0 fully saturated rings. The zero-order valence-electron chi connectivity index (χ0n) is 18.0. The van der Waals surface area contributed by atoms with E-state index >= 15 is 0 Å². The number of carbonyl (C=O) groups is 3. The number of nitrogens with one attached hydrogen (secondary N) is 3. The van der Waals surface area contributed by atoms with Crippen LogP contribution in [0.5, 0.6) is 0 Å². The summed E-state index contributed by atoms with van der Waals surface area (Å²) >= 11 is 0. The second-order valence-electron chi connectivity index (χ2n) is 7.00. The van der Waals surface area contributed by atoms with E-state index in [1.807, 2.05) is 41.5 Å². The maximum atomic E-state index is 12.1. The van der Waals surface area contributed by atoms with Crippen molar-refractivity contribution in [3.63, 3.8) is 0 Å². The second-order valence-corrected chi connectivity index (χ2v) is 7.00. The van der Waals surface area contributed by atoms with Crippen LogP contribution in [-0.2, 0) is 14.4 Å². The van der Waals surface area contributed by atoms with Crippen molar-refractivity contribution in [1.29, 1.82) is 0 Å². The number of aliphatic carboxylic acids is 1. The Balaban J connectivity index is 0. The molecule has 8 heteroatoms. The fraction of sp³-hybridized carbons (Fsp3) is 0.842. The normalized spacial score (nSPS) is 14.0. The van der Waals surface area contributed by atoms with Crippen molar-refractivity contribution in [3.05, 3.63) is 0 Å². The quantitative estimate of drug-likeness (QED) is 0.319. The lowest BCUT2D eigenvalue weighted by Gasteiger charge is -2.21. The fourth-order valence-corrected chi connectivity index (χ4v) is 2.10. The first-order valence-corrected chi connectivity index (χ1v) is 9.88. The van der Waals surface area contributed by atoms with E-state index in [0.717, 1.165) is 13.0 Å². The first kappa shape index (κ1) is 27.5. The second kappa shape index (κ2) is 15.4. The van der Waals surface area contributed by atoms with E-state index in [4.69, 9.17) is 5.73 Å². The van der Waals surface area contributed by atoms with Gasteiger partial charge in [-0.05, 0) is 38.6 Å². The molecule has 0 bridgehead atoms. The van der Waals surface area contributed by atoms with Gasteiger partial charge in [0, 0.05) is 6.04 Å². The summed E-state index contributed by atoms with van der Waals surface area (Å²) in [7, 11) is 0. The minimum Gasteiger partial charge on any atom is -0.480 e. The molecule has 0 rings (SSSR count). The van der Waals surface area contributed by atoms with Gasteiger partial charge >= 0.3 is 5.97 Å². The van der Waals surface area contributed by atoms with Gasteiger partial charge in [0.15, 0.2) is 0 Å². The maximum Gasteiger partial charge on any atom is 0.326 e. The molecule has 0 spiro atoms. The van der Waals surface area contributed by atoms with Crippen LogP contribution in [0.2, 0.25) is 0 Å². The van der Waals surface area contributed by atoms with E-state index in [-0.39, 0.29) is 5.92 Å². The molecule has 0 radical (unpaired) electrons. The van der Waals surface area contributed by atoms with Gasteiger partial charge in [-0.2, -0.15) is 0 Å². The largest absolute Gasteiger partial charge is 0.480 e. The number of carbonyl (C=O) groups excluding carboxylic acids is 2. The lowest BCUT2D eigenvalue weighted by Crippen LogP contribution is -2.54. The highest BCUT2D eigenvalue weighted by molar-refractivity contribution is 5.91. The number of carboxylic acids is 1. The molecule has 0 aliphatic carbocycles. The number of carboxylic acid groups (broad SMARTS) is 1. The van der Waals surface area contributed by atoms with Crippen LogP contribution in [-0.4, -0.2) is 53.6 Å². The molecule has 0 aromatic carbocycles. The summed E-state index contributed by atoms with van der Waals surface area (Å²) in [6, 6.07) is -2.14. The number of nitrogens with two attached hydrogens (primary N) is 1. The molecule has 0 aromatic rings. The minimum atomic E-state index is -1.08. The van der Waals surface area contributed by atoms with E-state index in [1.54, 1.807) is 0 Å². The van der Waals surface area contributed by atoms with Gasteiger partial charge < -0.3 is 26.8 Å². The first-order valence-electron chi connectivity index (χ1n) is 9.88. The summed E-state index contributed by atoms with van der Waals surface area (Å²) in [5.74, 6) is -2.09. The smallest absolute Gasteiger partial charge is 0.326 e. The van der Waals surface area contributed by atoms with Crippen molar-refractivity contribution < 1.29 is 19.5 Å². The Morgan fingerprint density at radius 2 is 1.48 bits per heavy atom. The highest BCUT2D eigenvalue weighted by Crippen LogP contribution is 2.03. The molecular weight excluding hydrogens is 348 g/mol. The van der Waals surface area contributed by atoms with Crippen molar-refractivity contribution in [3.8, 4) is 0 Å². The molecule has 0 aliphatic rings. The standard InChI is InChI=1S/C17H34N4O4.C2H6/c1-10(2)14(18)16(23)20-12(5)15(22)21-13(17(24)25)8-6-7-9-19-11(3)4;1-2/h10-14,19H,6-9,18H2,1-5H3,(H,20,23)(H,21,22)(H,24,25);1-2H3/t12-,13-,14?;/m0./s1. The summed E-state index contributed by atoms with van der Waals surface area (Å²) in [5.41, 5.74) is 5.73. The Morgan fingerprint density at radius 1 is 0.926 bits per heavy atom. The topological polar surface area (TPSA) is 134 Å². The fourth-order valence-electron chi connectivity index (χ4n) is 2.10. The third-order valence-corrected chi connectivity index (χ3v) is 3.86. The van der Waals surface area contributed by atoms with Gasteiger partial charge in [-0.15, -0.1) is 0 Å². The first-order chi connectivity index (χ1) is 12.6. The molecule has 0 saturated carbocycles. The molecule has 0 aromatic heterocycles. The van der Waals surface area contributed by atoms with Crippen molar-refractivity contribution in [2.45, 2.75) is 91.9 Å². The number of hydrogen-bond acceptors (Lipinski definition) is 5. The average Bonchev–Trinajstić information content (AvgIpc) is 2.60. The van der Waals surface area contributed by atoms with Crippen molar-refractivity contribution in [2.75, 3.05) is 6.54 Å². The molecule has 2 amide bonds. The predicted octanol–water partition coefficient (Wildman–Crippen LogP) is 1.24. The van der Waals surface area contributed by atoms with Crippen LogP contribution in [0.25, 0.3) is 0 Å². The molecular formula is C19H40N4O4. The Bertz CT molecular complexity index is 441. The Hall–Kier alpha value is -1.67. The molecule has 27 heavy (non-hydrogen) atoms. The van der Waals surface area contributed by atoms with Gasteiger partial charge in [0.05, 0.1) is 6.04 Å². The number of hydrogen-bond donors (Lipinski definition) is 5. The van der Waals surface area contributed by atoms with Crippen LogP contribution in [0, 0.1) is 5.92 Å². The highest BCUT2D eigenvalue weighted by Gasteiger charge is 2.25. The molecule has 3 atom stereocenters. The summed E-state index contributed by atoms with van der Waals surface area (Å²) in [6.45, 7) is 14.0. The molecule has 8 nitrogen and oxygen atoms in total. The number of rotatable bonds is 12. The summed E-state index contributed by atoms with van der Waals surface area (Å²) in [6.07, 6.45) is 1.84. The van der Waals surface area contributed by atoms with Crippen LogP contribution < -0.4 is 21.7 Å². The van der Waals surface area contributed by atoms with Crippen LogP contribution >= 0.6 is 0 Å². The number of amides is 2. The Morgan fingerprint density at radius 3 is 1.93 bits per heavy atom. The van der Waals surface area contributed by atoms with Crippen LogP contribution in [0.4, 0.5) is 0 Å². The molecule has 6 N–H and O–H groups in total. The van der Waals surface area contributed by atoms with E-state index in [2.05, 4.69) is 16.0 Å². The van der Waals surface area contributed by atoms with Crippen LogP contribution in [0.1, 0.15) is 67.7 Å². The lowest BCUT2D eigenvalue weighted by atomic mass is 10.0. The van der Waals surface area contributed by atoms with Crippen LogP contribution in [0.3, 0.4) is 0 Å². The van der Waals surface area contributed by atoms with Crippen molar-refractivity contribution >= 4 is 17.8 Å². The van der Waals surface area contributed by atoms with Gasteiger partial charge in [-0.25, -0.2) is 4.79 Å². The predicted molar refractivity (Wildman–Crippen MR) is 108 cm³/mol. The third-order valence-electron chi connectivity index (χ3n) is 3.86. The molecule has 1 unspecified atom stereocenters. The zero-order chi connectivity index (χ0) is 21.6. The molecule has 160 valence electrons. The van der Waals surface area contributed by atoms with E-state index < -0.39 is 35.9 Å². The highest BCUT2D eigenvalue weighted by atomic mass is 16.4. The third kappa shape index (κ3) is 13.2. The van der Waals surface area contributed by atoms with Crippen LogP contribution in [0.15, 0.2) is 0 Å². The van der Waals surface area contributed by atoms with Gasteiger partial charge in [0.2, 0.25) is 11.8 Å². The lowest BCUT2D eigenvalue weighted by molar-refractivity contribution is -0.142. The van der Waals surface area contributed by atoms with Gasteiger partial charge in [0.1, 0.15) is 12.1 Å². The zero-order valence-corrected chi connectivity index (χ0v) is 18.0. The van der Waals surface area contributed by atoms with E-state index in [9.17, 15) is 19.5 Å². The van der Waals surface area contributed by atoms with E-state index in [0.29, 0.717) is 18.9 Å². The summed E-state index contributed by atoms with van der Waals surface area (Å²) in [4.78, 5) is 35.3. The Kier molecular flexibility index (Phi) is 15.7. The summed E-state index contributed by atoms with van der Waals surface area (Å²) < 4.78 is 0. The molecule has 0 aliphatic heterocycles. The summed E-state index contributed by atoms with van der Waals surface area (Å²) in [5, 5.41) is 17.5. The minimum absolute atomic E-state index is 0.0542. The maximum absolute atomic E-state index is 12.1. The van der Waals surface area contributed by atoms with Gasteiger partial charge in [-0.1, -0.05) is 41.5 Å². The van der Waals surface area contributed by atoms with Gasteiger partial charge in [-0.3, -0.25) is 9.59 Å². The van der Waals surface area contributed by atoms with Crippen molar-refractivity contribution in [1.82, 2.24) is 16.0 Å². The SMILES string of the molecule is CC.CC(C)NCCCC[C@H](NC(=O)[C@H](C)NC(=O)C(N)C(C)C)C(=O)O. The molecule has 0 heterocycles.